The van der Waals surface area contributed by atoms with Crippen LogP contribution in [0.3, 0.4) is 0 Å². The number of nitrogens with zero attached hydrogens (tertiary/aromatic N) is 4. The molecule has 0 radical (unpaired) electrons. The summed E-state index contributed by atoms with van der Waals surface area (Å²) in [5.41, 5.74) is 10.5. The van der Waals surface area contributed by atoms with Gasteiger partial charge in [-0.25, -0.2) is 15.0 Å². The first-order valence-electron chi connectivity index (χ1n) is 5.69. The second-order valence-electron chi connectivity index (χ2n) is 4.25. The SMILES string of the molecule is CNc1nc2ccc3nc(N)n(C)c3c(C)c-2n1. The fourth-order valence-electron chi connectivity index (χ4n) is 2.23. The van der Waals surface area contributed by atoms with Gasteiger partial charge in [-0.2, -0.15) is 0 Å². The summed E-state index contributed by atoms with van der Waals surface area (Å²) in [5, 5.41) is 2.95. The Bertz CT molecular complexity index is 714. The highest BCUT2D eigenvalue weighted by Crippen LogP contribution is 2.29. The molecule has 0 unspecified atom stereocenters. The Morgan fingerprint density at radius 1 is 1.22 bits per heavy atom. The number of nitrogens with one attached hydrogen (secondary N) is 1. The topological polar surface area (TPSA) is 81.6 Å². The third kappa shape index (κ3) is 1.32. The van der Waals surface area contributed by atoms with E-state index in [9.17, 15) is 0 Å². The average Bonchev–Trinajstić information content (AvgIpc) is 2.85. The van der Waals surface area contributed by atoms with Gasteiger partial charge in [-0.05, 0) is 19.1 Å². The fourth-order valence-corrected chi connectivity index (χ4v) is 2.23. The summed E-state index contributed by atoms with van der Waals surface area (Å²) in [5.74, 6) is 1.13. The molecule has 0 spiro atoms. The molecule has 6 heteroatoms. The summed E-state index contributed by atoms with van der Waals surface area (Å²) >= 11 is 0. The Labute approximate surface area is 104 Å². The zero-order valence-electron chi connectivity index (χ0n) is 10.5. The molecule has 2 heterocycles. The molecular formula is C12H14N6. The van der Waals surface area contributed by atoms with Crippen LogP contribution < -0.4 is 11.1 Å². The van der Waals surface area contributed by atoms with Crippen LogP contribution in [-0.4, -0.2) is 26.6 Å². The standard InChI is InChI=1S/C12H14N6/c1-6-9-7(16-12(14-2)17-9)4-5-8-10(6)18(3)11(13)15-8/h4-5H,1-3H3,(H2,13,15)(H,14,16,17). The maximum Gasteiger partial charge on any atom is 0.223 e. The molecule has 1 aromatic heterocycles. The number of nitrogens with two attached hydrogens (primary N) is 1. The summed E-state index contributed by atoms with van der Waals surface area (Å²) < 4.78 is 1.87. The van der Waals surface area contributed by atoms with Crippen LogP contribution in [0, 0.1) is 6.92 Å². The molecule has 1 aromatic rings. The smallest absolute Gasteiger partial charge is 0.223 e. The first-order chi connectivity index (χ1) is 8.61. The molecule has 0 saturated heterocycles. The first kappa shape index (κ1) is 10.8. The molecule has 3 rings (SSSR count). The molecule has 0 saturated carbocycles. The zero-order chi connectivity index (χ0) is 12.9. The van der Waals surface area contributed by atoms with Crippen LogP contribution in [0.2, 0.25) is 0 Å². The molecule has 2 aliphatic rings. The van der Waals surface area contributed by atoms with Crippen LogP contribution in [0.4, 0.5) is 11.9 Å². The van der Waals surface area contributed by atoms with Crippen LogP contribution in [-0.2, 0) is 7.05 Å². The van der Waals surface area contributed by atoms with E-state index in [0.29, 0.717) is 11.9 Å². The molecular weight excluding hydrogens is 228 g/mol. The molecule has 0 amide bonds. The lowest BCUT2D eigenvalue weighted by atomic mass is 10.2. The molecule has 0 bridgehead atoms. The van der Waals surface area contributed by atoms with Crippen molar-refractivity contribution in [2.24, 2.45) is 7.05 Å². The van der Waals surface area contributed by atoms with E-state index in [4.69, 9.17) is 5.73 Å². The number of imidazole rings is 2. The number of hydrogen-bond donors (Lipinski definition) is 2. The van der Waals surface area contributed by atoms with E-state index in [-0.39, 0.29) is 0 Å². The van der Waals surface area contributed by atoms with Gasteiger partial charge in [0.1, 0.15) is 0 Å². The molecule has 0 aromatic carbocycles. The van der Waals surface area contributed by atoms with Crippen molar-refractivity contribution in [2.45, 2.75) is 6.92 Å². The maximum absolute atomic E-state index is 5.84. The Kier molecular flexibility index (Phi) is 2.13. The fraction of sp³-hybridized carbons (Fsp3) is 0.250. The van der Waals surface area contributed by atoms with Gasteiger partial charge in [-0.15, -0.1) is 0 Å². The van der Waals surface area contributed by atoms with E-state index >= 15 is 0 Å². The lowest BCUT2D eigenvalue weighted by Crippen LogP contribution is -1.97. The summed E-state index contributed by atoms with van der Waals surface area (Å²) in [7, 11) is 3.71. The number of nitrogen functional groups attached to an aromatic ring is 1. The second-order valence-corrected chi connectivity index (χ2v) is 4.25. The zero-order valence-corrected chi connectivity index (χ0v) is 10.5. The van der Waals surface area contributed by atoms with Crippen molar-refractivity contribution in [1.82, 2.24) is 19.5 Å². The number of aryl methyl sites for hydroxylation is 2. The molecule has 18 heavy (non-hydrogen) atoms. The minimum Gasteiger partial charge on any atom is -0.369 e. The minimum atomic E-state index is 0.501. The monoisotopic (exact) mass is 242 g/mol. The van der Waals surface area contributed by atoms with Gasteiger partial charge in [0.05, 0.1) is 22.4 Å². The molecule has 3 N–H and O–H groups in total. The number of anilines is 2. The number of aromatic nitrogens is 4. The first-order valence-corrected chi connectivity index (χ1v) is 5.69. The molecule has 0 fully saturated rings. The molecule has 92 valence electrons. The Balaban J connectivity index is 2.47. The second kappa shape index (κ2) is 3.56. The third-order valence-electron chi connectivity index (χ3n) is 3.18. The highest BCUT2D eigenvalue weighted by Gasteiger charge is 2.16. The Hall–Kier alpha value is -2.37. The van der Waals surface area contributed by atoms with Crippen molar-refractivity contribution in [2.75, 3.05) is 18.1 Å². The highest BCUT2D eigenvalue weighted by molar-refractivity contribution is 5.86. The van der Waals surface area contributed by atoms with Gasteiger partial charge in [0.2, 0.25) is 11.9 Å². The van der Waals surface area contributed by atoms with Crippen molar-refractivity contribution >= 4 is 22.9 Å². The van der Waals surface area contributed by atoms with E-state index in [1.54, 1.807) is 7.05 Å². The van der Waals surface area contributed by atoms with Gasteiger partial charge in [0, 0.05) is 19.7 Å². The van der Waals surface area contributed by atoms with Gasteiger partial charge in [0.25, 0.3) is 0 Å². The summed E-state index contributed by atoms with van der Waals surface area (Å²) in [6.07, 6.45) is 0. The Morgan fingerprint density at radius 3 is 2.72 bits per heavy atom. The van der Waals surface area contributed by atoms with E-state index in [0.717, 1.165) is 28.0 Å². The lowest BCUT2D eigenvalue weighted by Gasteiger charge is -1.99. The number of rotatable bonds is 1. The largest absolute Gasteiger partial charge is 0.369 e. The predicted octanol–water partition coefficient (Wildman–Crippen LogP) is 1.40. The quantitative estimate of drug-likeness (QED) is 0.674. The van der Waals surface area contributed by atoms with Crippen molar-refractivity contribution < 1.29 is 0 Å². The van der Waals surface area contributed by atoms with Gasteiger partial charge in [0.15, 0.2) is 0 Å². The van der Waals surface area contributed by atoms with Gasteiger partial charge < -0.3 is 15.6 Å². The third-order valence-corrected chi connectivity index (χ3v) is 3.18. The average molecular weight is 242 g/mol. The summed E-state index contributed by atoms with van der Waals surface area (Å²) in [4.78, 5) is 13.2. The van der Waals surface area contributed by atoms with E-state index < -0.39 is 0 Å². The number of fused-ring (bicyclic) bond motifs is 2. The predicted molar refractivity (Wildman–Crippen MR) is 71.6 cm³/mol. The Morgan fingerprint density at radius 2 is 2.00 bits per heavy atom. The summed E-state index contributed by atoms with van der Waals surface area (Å²) in [6.45, 7) is 2.01. The normalized spacial score (nSPS) is 11.3. The number of hydrogen-bond acceptors (Lipinski definition) is 5. The van der Waals surface area contributed by atoms with Crippen LogP contribution in [0.5, 0.6) is 0 Å². The van der Waals surface area contributed by atoms with Crippen molar-refractivity contribution in [3.8, 4) is 11.4 Å². The van der Waals surface area contributed by atoms with Gasteiger partial charge in [-0.1, -0.05) is 0 Å². The van der Waals surface area contributed by atoms with Crippen LogP contribution in [0.1, 0.15) is 5.56 Å². The van der Waals surface area contributed by atoms with E-state index in [1.165, 1.54) is 0 Å². The van der Waals surface area contributed by atoms with E-state index in [2.05, 4.69) is 20.3 Å². The highest BCUT2D eigenvalue weighted by atomic mass is 15.1. The molecule has 6 nitrogen and oxygen atoms in total. The molecule has 1 aliphatic carbocycles. The minimum absolute atomic E-state index is 0.501. The maximum atomic E-state index is 5.84. The van der Waals surface area contributed by atoms with Gasteiger partial charge in [-0.3, -0.25) is 0 Å². The van der Waals surface area contributed by atoms with Gasteiger partial charge >= 0.3 is 0 Å². The van der Waals surface area contributed by atoms with Crippen LogP contribution in [0.15, 0.2) is 12.1 Å². The van der Waals surface area contributed by atoms with Crippen LogP contribution in [0.25, 0.3) is 22.4 Å². The lowest BCUT2D eigenvalue weighted by molar-refractivity contribution is 0.961. The van der Waals surface area contributed by atoms with Crippen molar-refractivity contribution in [3.05, 3.63) is 17.7 Å². The van der Waals surface area contributed by atoms with Crippen molar-refractivity contribution in [3.63, 3.8) is 0 Å². The summed E-state index contributed by atoms with van der Waals surface area (Å²) in [6, 6.07) is 3.85. The van der Waals surface area contributed by atoms with Crippen molar-refractivity contribution in [1.29, 1.82) is 0 Å². The van der Waals surface area contributed by atoms with E-state index in [1.807, 2.05) is 30.7 Å². The van der Waals surface area contributed by atoms with Crippen LogP contribution >= 0.6 is 0 Å². The molecule has 0 atom stereocenters. The molecule has 1 aliphatic heterocycles.